The van der Waals surface area contributed by atoms with Crippen molar-refractivity contribution < 1.29 is 18.3 Å². The van der Waals surface area contributed by atoms with Gasteiger partial charge >= 0.3 is 134 Å². The van der Waals surface area contributed by atoms with Crippen molar-refractivity contribution in [1.29, 1.82) is 0 Å². The first-order chi connectivity index (χ1) is 9.46. The largest absolute Gasteiger partial charge is 0.147 e. The Labute approximate surface area is 157 Å². The Morgan fingerprint density at radius 3 is 2.17 bits per heavy atom. The molecule has 0 saturated carbocycles. The minimum atomic E-state index is -2.91. The van der Waals surface area contributed by atoms with E-state index in [0.717, 1.165) is 20.3 Å². The number of rotatable bonds is 3. The smallest absolute Gasteiger partial charge is 0.147 e. The van der Waals surface area contributed by atoms with Crippen LogP contribution >= 0.6 is 24.8 Å². The number of allylic oxidation sites excluding steroid dienone is 4. The maximum Gasteiger partial charge on any atom is -0.147 e. The van der Waals surface area contributed by atoms with Crippen LogP contribution in [0.4, 0.5) is 0 Å². The van der Waals surface area contributed by atoms with Crippen LogP contribution in [0, 0.1) is 6.92 Å². The van der Waals surface area contributed by atoms with Gasteiger partial charge in [0.05, 0.1) is 0 Å². The molecule has 2 rings (SSSR count). The summed E-state index contributed by atoms with van der Waals surface area (Å²) in [6.45, 7) is 8.95. The van der Waals surface area contributed by atoms with Gasteiger partial charge in [-0.25, -0.2) is 0 Å². The Hall–Kier alpha value is 0.0112. The van der Waals surface area contributed by atoms with Crippen molar-refractivity contribution in [1.82, 2.24) is 0 Å². The van der Waals surface area contributed by atoms with Crippen molar-refractivity contribution in [3.63, 3.8) is 0 Å². The van der Waals surface area contributed by atoms with Crippen LogP contribution in [-0.4, -0.2) is 8.11 Å². The van der Waals surface area contributed by atoms with E-state index >= 15 is 0 Å². The van der Waals surface area contributed by atoms with Gasteiger partial charge in [0.2, 0.25) is 0 Å². The van der Waals surface area contributed by atoms with E-state index < -0.39 is 14.9 Å². The number of hydrogen-bond acceptors (Lipinski definition) is 1. The van der Waals surface area contributed by atoms with Gasteiger partial charge in [-0.1, -0.05) is 0 Å². The van der Waals surface area contributed by atoms with Gasteiger partial charge in [-0.15, -0.1) is 24.8 Å². The summed E-state index contributed by atoms with van der Waals surface area (Å²) in [6.07, 6.45) is 7.82. The molecule has 0 aromatic heterocycles. The summed E-state index contributed by atoms with van der Waals surface area (Å²) in [5.74, 6) is 1.07. The van der Waals surface area contributed by atoms with E-state index in [-0.39, 0.29) is 30.2 Å². The van der Waals surface area contributed by atoms with Crippen LogP contribution in [0.1, 0.15) is 38.3 Å². The summed E-state index contributed by atoms with van der Waals surface area (Å²) in [5.41, 5.74) is 2.81. The molecule has 1 aliphatic carbocycles. The van der Waals surface area contributed by atoms with Crippen molar-refractivity contribution in [2.45, 2.75) is 50.0 Å². The van der Waals surface area contributed by atoms with Crippen molar-refractivity contribution in [2.24, 2.45) is 0 Å². The molecule has 5 heteroatoms. The minimum Gasteiger partial charge on any atom is -0.147 e. The molecule has 1 aliphatic rings. The molecule has 23 heavy (non-hydrogen) atoms. The number of aryl methyl sites for hydroxylation is 1. The molecule has 1 aromatic carbocycles. The van der Waals surface area contributed by atoms with Gasteiger partial charge in [-0.2, -0.15) is 0 Å². The van der Waals surface area contributed by atoms with Gasteiger partial charge in [0.15, 0.2) is 0 Å². The normalized spacial score (nSPS) is 15.9. The molecule has 0 spiro atoms. The van der Waals surface area contributed by atoms with Gasteiger partial charge in [-0.3, -0.25) is 0 Å². The number of hydrogen-bond donors (Lipinski definition) is 0. The molecule has 0 saturated heterocycles. The Morgan fingerprint density at radius 2 is 1.70 bits per heavy atom. The molecular weight excluding hydrogens is 379 g/mol. The third-order valence-electron chi connectivity index (χ3n) is 4.26. The fourth-order valence-electron chi connectivity index (χ4n) is 2.80. The zero-order valence-electron chi connectivity index (χ0n) is 15.4. The third-order valence-corrected chi connectivity index (χ3v) is 13.2. The molecule has 0 N–H and O–H groups in total. The predicted molar refractivity (Wildman–Crippen MR) is 109 cm³/mol. The van der Waals surface area contributed by atoms with Crippen LogP contribution in [0.25, 0.3) is 0 Å². The first kappa shape index (κ1) is 23.0. The molecule has 1 nitrogen and oxygen atoms in total. The molecule has 0 aliphatic heterocycles. The zero-order valence-corrected chi connectivity index (χ0v) is 20.6. The first-order valence-corrected chi connectivity index (χ1v) is 18.1. The second-order valence-corrected chi connectivity index (χ2v) is 31.2. The van der Waals surface area contributed by atoms with Crippen LogP contribution in [0.3, 0.4) is 0 Å². The van der Waals surface area contributed by atoms with E-state index in [2.05, 4.69) is 74.6 Å². The molecule has 0 heterocycles. The summed E-state index contributed by atoms with van der Waals surface area (Å²) < 4.78 is 8.30. The average molecular weight is 410 g/mol. The molecule has 1 aromatic rings. The summed E-state index contributed by atoms with van der Waals surface area (Å²) in [7, 11) is 1.13. The number of benzene rings is 1. The predicted octanol–water partition coefficient (Wildman–Crippen LogP) is 5.34. The summed E-state index contributed by atoms with van der Waals surface area (Å²) in [5, 5.41) is 4.84. The molecule has 0 fully saturated rings. The molecular formula is C18H31Cl2OSiTi. The van der Waals surface area contributed by atoms with E-state index in [1.807, 2.05) is 0 Å². The fourth-order valence-corrected chi connectivity index (χ4v) is 9.28. The Bertz CT molecular complexity index is 622. The minimum absolute atomic E-state index is 0. The Kier molecular flexibility index (Phi) is 7.50. The third kappa shape index (κ3) is 5.79. The standard InChI is InChI=1S/C11H16O.C5H5.2CH3.2ClH.H3Si.Ti/c1-8-5-9(11(2,3)4)7-10(12)6-8;1-2-4-5-3-1;;;;;;/h5-7,12H,1-4H3;1-3H,4H2;2*1H3;2*1H;1H3;/q;;;;;;;+1/p-1. The van der Waals surface area contributed by atoms with Crippen molar-refractivity contribution in [2.75, 3.05) is 0 Å². The second-order valence-electron chi connectivity index (χ2n) is 8.68. The molecule has 131 valence electrons. The van der Waals surface area contributed by atoms with Gasteiger partial charge in [-0.05, 0) is 0 Å². The summed E-state index contributed by atoms with van der Waals surface area (Å²) in [4.78, 5) is 0. The molecule has 0 bridgehead atoms. The van der Waals surface area contributed by atoms with E-state index in [9.17, 15) is 0 Å². The van der Waals surface area contributed by atoms with Gasteiger partial charge in [0.1, 0.15) is 0 Å². The fraction of sp³-hybridized carbons (Fsp3) is 0.444. The van der Waals surface area contributed by atoms with E-state index in [1.54, 1.807) is 3.88 Å². The average Bonchev–Trinajstić information content (AvgIpc) is 2.79. The van der Waals surface area contributed by atoms with Gasteiger partial charge in [0, 0.05) is 0 Å². The van der Waals surface area contributed by atoms with E-state index in [4.69, 9.17) is 3.32 Å². The maximum atomic E-state index is 6.74. The monoisotopic (exact) mass is 409 g/mol. The van der Waals surface area contributed by atoms with E-state index in [0.29, 0.717) is 0 Å². The topological polar surface area (TPSA) is 9.23 Å². The Balaban J connectivity index is 0.00000242. The maximum absolute atomic E-state index is 6.74. The zero-order chi connectivity index (χ0) is 15.9. The van der Waals surface area contributed by atoms with E-state index in [1.165, 1.54) is 11.1 Å². The van der Waals surface area contributed by atoms with Crippen LogP contribution in [0.5, 0.6) is 5.75 Å². The summed E-state index contributed by atoms with van der Waals surface area (Å²) in [6, 6.07) is 6.74. The van der Waals surface area contributed by atoms with Gasteiger partial charge in [0.25, 0.3) is 0 Å². The summed E-state index contributed by atoms with van der Waals surface area (Å²) >= 11 is -2.91. The molecule has 0 radical (unpaired) electrons. The second kappa shape index (κ2) is 7.49. The molecule has 0 amide bonds. The van der Waals surface area contributed by atoms with Crippen molar-refractivity contribution in [3.8, 4) is 5.75 Å². The quantitative estimate of drug-likeness (QED) is 0.612. The van der Waals surface area contributed by atoms with Crippen LogP contribution < -0.4 is 3.32 Å². The number of halogens is 2. The van der Waals surface area contributed by atoms with Gasteiger partial charge < -0.3 is 0 Å². The molecule has 0 atom stereocenters. The van der Waals surface area contributed by atoms with Crippen LogP contribution in [0.15, 0.2) is 40.3 Å². The SMILES string of the molecule is Cc1cc([O][Ti]([CH3])([CH3])([SiH3])[C]2=CC=CC2)cc(C(C)(C)C)c1.Cl.Cl. The Morgan fingerprint density at radius 1 is 1.09 bits per heavy atom. The first-order valence-electron chi connectivity index (χ1n) is 7.86. The van der Waals surface area contributed by atoms with Crippen molar-refractivity contribution >= 4 is 32.9 Å². The van der Waals surface area contributed by atoms with Crippen LogP contribution in [-0.2, 0) is 20.4 Å². The van der Waals surface area contributed by atoms with Crippen molar-refractivity contribution in [3.05, 3.63) is 51.4 Å². The molecule has 0 unspecified atom stereocenters. The van der Waals surface area contributed by atoms with Crippen LogP contribution in [0.2, 0.25) is 10.5 Å².